The van der Waals surface area contributed by atoms with Gasteiger partial charge in [0.1, 0.15) is 34.2 Å². The summed E-state index contributed by atoms with van der Waals surface area (Å²) < 4.78 is 36.9. The lowest BCUT2D eigenvalue weighted by Crippen LogP contribution is -2.24. The van der Waals surface area contributed by atoms with E-state index in [1.807, 2.05) is 65.0 Å². The largest absolute Gasteiger partial charge is 0.460 e. The van der Waals surface area contributed by atoms with Crippen LogP contribution in [-0.4, -0.2) is 56.3 Å². The molecule has 0 aliphatic carbocycles. The summed E-state index contributed by atoms with van der Waals surface area (Å²) in [6.45, 7) is 13.7. The molecule has 1 aliphatic rings. The third-order valence-corrected chi connectivity index (χ3v) is 13.4. The van der Waals surface area contributed by atoms with Gasteiger partial charge in [-0.3, -0.25) is 28.9 Å². The van der Waals surface area contributed by atoms with Crippen molar-refractivity contribution >= 4 is 55.5 Å². The van der Waals surface area contributed by atoms with E-state index in [1.165, 1.54) is 12.1 Å². The van der Waals surface area contributed by atoms with Crippen LogP contribution in [0.4, 0.5) is 5.69 Å². The van der Waals surface area contributed by atoms with Crippen LogP contribution in [0.3, 0.4) is 0 Å². The van der Waals surface area contributed by atoms with E-state index in [4.69, 9.17) is 9.73 Å². The number of aromatic amines is 1. The quantitative estimate of drug-likeness (QED) is 0.106. The van der Waals surface area contributed by atoms with Crippen molar-refractivity contribution in [1.82, 2.24) is 30.0 Å². The van der Waals surface area contributed by atoms with E-state index in [-0.39, 0.29) is 35.4 Å². The summed E-state index contributed by atoms with van der Waals surface area (Å²) in [6.07, 6.45) is 3.79. The van der Waals surface area contributed by atoms with Crippen molar-refractivity contribution in [3.8, 4) is 22.2 Å². The number of rotatable bonds is 11. The Hall–Kier alpha value is -6.96. The predicted octanol–water partition coefficient (Wildman–Crippen LogP) is 8.72. The van der Waals surface area contributed by atoms with E-state index in [0.717, 1.165) is 54.8 Å². The summed E-state index contributed by atoms with van der Waals surface area (Å²) in [6, 6.07) is 22.9. The molecule has 5 heterocycles. The van der Waals surface area contributed by atoms with Crippen molar-refractivity contribution in [1.29, 1.82) is 5.26 Å². The lowest BCUT2D eigenvalue weighted by Gasteiger charge is -2.20. The molecule has 7 aromatic rings. The molecule has 1 aliphatic heterocycles. The van der Waals surface area contributed by atoms with Crippen LogP contribution in [0.1, 0.15) is 100 Å². The lowest BCUT2D eigenvalue weighted by atomic mass is 9.97. The van der Waals surface area contributed by atoms with Crippen LogP contribution < -0.4 is 10.0 Å². The molecule has 3 aromatic carbocycles. The smallest absolute Gasteiger partial charge is 0.306 e. The van der Waals surface area contributed by atoms with Gasteiger partial charge in [0.25, 0.3) is 15.9 Å². The number of carbonyl (C=O) groups is 2. The Morgan fingerprint density at radius 1 is 0.937 bits per heavy atom. The highest BCUT2D eigenvalue weighted by atomic mass is 32.2. The maximum atomic E-state index is 13.3. The van der Waals surface area contributed by atoms with E-state index in [0.29, 0.717) is 40.0 Å². The molecule has 63 heavy (non-hydrogen) atoms. The number of amides is 1. The second kappa shape index (κ2) is 16.7. The second-order valence-corrected chi connectivity index (χ2v) is 19.3. The molecular weight excluding hydrogens is 835 g/mol. The minimum atomic E-state index is -3.95. The molecule has 4 aromatic heterocycles. The van der Waals surface area contributed by atoms with Crippen LogP contribution >= 0.6 is 11.3 Å². The molecule has 320 valence electrons. The Morgan fingerprint density at radius 2 is 1.65 bits per heavy atom. The van der Waals surface area contributed by atoms with Crippen molar-refractivity contribution in [3.05, 3.63) is 141 Å². The van der Waals surface area contributed by atoms with Gasteiger partial charge in [-0.2, -0.15) is 5.26 Å². The summed E-state index contributed by atoms with van der Waals surface area (Å²) >= 11 is 1.67. The first-order valence-corrected chi connectivity index (χ1v) is 22.6. The molecule has 0 unspecified atom stereocenters. The molecule has 0 bridgehead atoms. The molecular formula is C47H45N9O5S2. The first-order chi connectivity index (χ1) is 30.0. The zero-order valence-corrected chi connectivity index (χ0v) is 37.5. The number of sulfonamides is 1. The monoisotopic (exact) mass is 879 g/mol. The molecule has 0 saturated heterocycles. The number of pyridine rings is 1. The number of ether oxygens (including phenoxy) is 1. The van der Waals surface area contributed by atoms with E-state index < -0.39 is 21.7 Å². The maximum Gasteiger partial charge on any atom is 0.306 e. The standard InChI is InChI=1S/C47H45N9O5S2/c1-26-8-18-36(43-40(26)34(22-48)25-50-43)55-63(59,60)35-16-9-30(10-17-35)23-51-45(58)38-19-15-33(24-49-38)31-11-13-32(14-12-31)42-41-27(2)28(3)62-46(41)56-29(4)53-54-44(56)37(52-42)20-21-39(57)61-47(5,6)7/h8-19,24-25,37,50,55H,20-21,23H2,1-7H3,(H,51,58)/t37-/m0/s1. The van der Waals surface area contributed by atoms with Gasteiger partial charge in [0.15, 0.2) is 5.82 Å². The summed E-state index contributed by atoms with van der Waals surface area (Å²) in [5.74, 6) is 0.765. The average Bonchev–Trinajstić information content (AvgIpc) is 3.93. The normalized spacial score (nSPS) is 13.7. The minimum Gasteiger partial charge on any atom is -0.460 e. The van der Waals surface area contributed by atoms with Gasteiger partial charge < -0.3 is 15.0 Å². The highest BCUT2D eigenvalue weighted by molar-refractivity contribution is 7.92. The number of carbonyl (C=O) groups excluding carboxylic acids is 2. The van der Waals surface area contributed by atoms with Gasteiger partial charge in [-0.05, 0) is 101 Å². The topological polar surface area (TPSA) is 197 Å². The van der Waals surface area contributed by atoms with E-state index >= 15 is 0 Å². The number of hydrogen-bond donors (Lipinski definition) is 3. The van der Waals surface area contributed by atoms with Gasteiger partial charge in [-0.1, -0.05) is 48.5 Å². The number of thiophene rings is 1. The number of aliphatic imine (C=N–C) groups is 1. The van der Waals surface area contributed by atoms with E-state index in [2.05, 4.69) is 54.7 Å². The first kappa shape index (κ1) is 42.7. The predicted molar refractivity (Wildman–Crippen MR) is 243 cm³/mol. The number of esters is 1. The van der Waals surface area contributed by atoms with E-state index in [9.17, 15) is 23.3 Å². The van der Waals surface area contributed by atoms with E-state index in [1.54, 1.807) is 54.1 Å². The van der Waals surface area contributed by atoms with Crippen LogP contribution in [0.25, 0.3) is 27.0 Å². The fourth-order valence-electron chi connectivity index (χ4n) is 7.60. The third kappa shape index (κ3) is 8.62. The van der Waals surface area contributed by atoms with Crippen molar-refractivity contribution in [3.63, 3.8) is 0 Å². The number of fused-ring (bicyclic) bond motifs is 4. The number of nitrogens with one attached hydrogen (secondary N) is 3. The van der Waals surface area contributed by atoms with Crippen LogP contribution in [0.2, 0.25) is 0 Å². The Balaban J connectivity index is 0.945. The van der Waals surface area contributed by atoms with Crippen LogP contribution in [0, 0.1) is 39.0 Å². The summed E-state index contributed by atoms with van der Waals surface area (Å²) in [5.41, 5.74) is 8.06. The van der Waals surface area contributed by atoms with Gasteiger partial charge >= 0.3 is 5.97 Å². The van der Waals surface area contributed by atoms with Crippen molar-refractivity contribution in [2.75, 3.05) is 4.72 Å². The van der Waals surface area contributed by atoms with Gasteiger partial charge in [0.2, 0.25) is 0 Å². The number of nitrogens with zero attached hydrogens (tertiary/aromatic N) is 6. The summed E-state index contributed by atoms with van der Waals surface area (Å²) in [5, 5.41) is 22.9. The van der Waals surface area contributed by atoms with Gasteiger partial charge in [-0.15, -0.1) is 21.5 Å². The Kier molecular flexibility index (Phi) is 11.3. The van der Waals surface area contributed by atoms with Crippen molar-refractivity contribution in [2.24, 2.45) is 4.99 Å². The number of nitriles is 1. The first-order valence-electron chi connectivity index (χ1n) is 20.3. The van der Waals surface area contributed by atoms with Gasteiger partial charge in [0.05, 0.1) is 27.4 Å². The van der Waals surface area contributed by atoms with Crippen molar-refractivity contribution < 1.29 is 22.7 Å². The summed E-state index contributed by atoms with van der Waals surface area (Å²) in [7, 11) is -3.95. The second-order valence-electron chi connectivity index (χ2n) is 16.5. The number of hydrogen-bond acceptors (Lipinski definition) is 11. The fraction of sp³-hybridized carbons (Fsp3) is 0.255. The number of H-pyrrole nitrogens is 1. The third-order valence-electron chi connectivity index (χ3n) is 10.9. The number of aryl methyl sites for hydroxylation is 3. The fourth-order valence-corrected chi connectivity index (χ4v) is 9.89. The Labute approximate surface area is 369 Å². The number of aromatic nitrogens is 5. The Bertz CT molecular complexity index is 3100. The highest BCUT2D eigenvalue weighted by Crippen LogP contribution is 2.40. The number of benzene rings is 3. The van der Waals surface area contributed by atoms with Crippen LogP contribution in [0.5, 0.6) is 0 Å². The molecule has 1 atom stereocenters. The zero-order chi connectivity index (χ0) is 44.8. The molecule has 0 fully saturated rings. The number of anilines is 1. The average molecular weight is 880 g/mol. The molecule has 14 nitrogen and oxygen atoms in total. The zero-order valence-electron chi connectivity index (χ0n) is 35.8. The maximum absolute atomic E-state index is 13.3. The molecule has 0 saturated carbocycles. The molecule has 3 N–H and O–H groups in total. The highest BCUT2D eigenvalue weighted by Gasteiger charge is 2.32. The lowest BCUT2D eigenvalue weighted by molar-refractivity contribution is -0.155. The summed E-state index contributed by atoms with van der Waals surface area (Å²) in [4.78, 5) is 39.9. The Morgan fingerprint density at radius 3 is 2.33 bits per heavy atom. The minimum absolute atomic E-state index is 0.0483. The molecule has 8 rings (SSSR count). The molecule has 0 spiro atoms. The molecule has 0 radical (unpaired) electrons. The molecule has 16 heteroatoms. The van der Waals surface area contributed by atoms with Gasteiger partial charge in [0, 0.05) is 52.3 Å². The van der Waals surface area contributed by atoms with Gasteiger partial charge in [-0.25, -0.2) is 8.42 Å². The van der Waals surface area contributed by atoms with Crippen LogP contribution in [0.15, 0.2) is 95.1 Å². The van der Waals surface area contributed by atoms with Crippen molar-refractivity contribution in [2.45, 2.75) is 84.4 Å². The molecule has 1 amide bonds. The van der Waals surface area contributed by atoms with Crippen LogP contribution in [-0.2, 0) is 26.1 Å². The SMILES string of the molecule is Cc1sc2c(c1C)C(c1ccc(-c3ccc(C(=O)NCc4ccc(S(=O)(=O)Nc5ccc(C)c6c(C#N)c[nH]c56)cc4)nc3)cc1)=N[C@@H](CCC(=O)OC(C)(C)C)c1nnc(C)n1-2.